The summed E-state index contributed by atoms with van der Waals surface area (Å²) in [6.07, 6.45) is 7.15. The van der Waals surface area contributed by atoms with Crippen molar-refractivity contribution in [2.45, 2.75) is 51.7 Å². The maximum Gasteiger partial charge on any atom is 0.138 e. The van der Waals surface area contributed by atoms with Crippen LogP contribution in [0.5, 0.6) is 0 Å². The first-order valence-corrected chi connectivity index (χ1v) is 6.86. The molecule has 0 aromatic carbocycles. The molecule has 3 atom stereocenters. The quantitative estimate of drug-likeness (QED) is 0.844. The summed E-state index contributed by atoms with van der Waals surface area (Å²) in [5.74, 6) is 3.12. The highest BCUT2D eigenvalue weighted by atomic mass is 16.3. The van der Waals surface area contributed by atoms with E-state index in [-0.39, 0.29) is 6.10 Å². The summed E-state index contributed by atoms with van der Waals surface area (Å²) in [7, 11) is 0. The van der Waals surface area contributed by atoms with Gasteiger partial charge < -0.3 is 5.11 Å². The monoisotopic (exact) mass is 235 g/mol. The molecule has 0 amide bonds. The van der Waals surface area contributed by atoms with Crippen molar-refractivity contribution in [3.63, 3.8) is 0 Å². The molecule has 4 heteroatoms. The molecule has 2 aliphatic rings. The van der Waals surface area contributed by atoms with Gasteiger partial charge in [0.2, 0.25) is 0 Å². The second-order valence-electron chi connectivity index (χ2n) is 5.51. The van der Waals surface area contributed by atoms with Crippen LogP contribution in [0.4, 0.5) is 0 Å². The minimum Gasteiger partial charge on any atom is -0.392 e. The van der Waals surface area contributed by atoms with Crippen LogP contribution < -0.4 is 0 Å². The standard InChI is InChI=1S/C13H21N3O/c1-2-6-16-12(14-8-15-16)7-11(17)13-9-4-3-5-10(9)13/h8-11,13,17H,2-7H2,1H3. The number of hydrogen-bond donors (Lipinski definition) is 1. The van der Waals surface area contributed by atoms with Crippen LogP contribution >= 0.6 is 0 Å². The number of aryl methyl sites for hydroxylation is 1. The average molecular weight is 235 g/mol. The largest absolute Gasteiger partial charge is 0.392 e. The van der Waals surface area contributed by atoms with Crippen molar-refractivity contribution in [2.75, 3.05) is 0 Å². The van der Waals surface area contributed by atoms with Crippen LogP contribution in [0.2, 0.25) is 0 Å². The highest BCUT2D eigenvalue weighted by Crippen LogP contribution is 2.59. The van der Waals surface area contributed by atoms with E-state index in [1.807, 2.05) is 4.68 Å². The minimum absolute atomic E-state index is 0.204. The topological polar surface area (TPSA) is 50.9 Å². The van der Waals surface area contributed by atoms with E-state index in [9.17, 15) is 5.11 Å². The van der Waals surface area contributed by atoms with Gasteiger partial charge in [0.1, 0.15) is 12.2 Å². The van der Waals surface area contributed by atoms with Crippen LogP contribution in [-0.2, 0) is 13.0 Å². The van der Waals surface area contributed by atoms with Gasteiger partial charge in [0, 0.05) is 13.0 Å². The van der Waals surface area contributed by atoms with E-state index >= 15 is 0 Å². The fraction of sp³-hybridized carbons (Fsp3) is 0.846. The van der Waals surface area contributed by atoms with Gasteiger partial charge in [0.25, 0.3) is 0 Å². The molecular formula is C13H21N3O. The number of rotatable bonds is 5. The lowest BCUT2D eigenvalue weighted by Gasteiger charge is -2.12. The Balaban J connectivity index is 1.60. The molecule has 2 fully saturated rings. The van der Waals surface area contributed by atoms with Crippen LogP contribution in [0.1, 0.15) is 38.4 Å². The van der Waals surface area contributed by atoms with E-state index in [2.05, 4.69) is 17.0 Å². The molecule has 0 radical (unpaired) electrons. The van der Waals surface area contributed by atoms with Crippen LogP contribution in [0.25, 0.3) is 0 Å². The van der Waals surface area contributed by atoms with Gasteiger partial charge >= 0.3 is 0 Å². The fourth-order valence-electron chi connectivity index (χ4n) is 3.62. The van der Waals surface area contributed by atoms with Gasteiger partial charge in [-0.3, -0.25) is 4.68 Å². The lowest BCUT2D eigenvalue weighted by Crippen LogP contribution is -2.19. The number of aromatic nitrogens is 3. The number of aliphatic hydroxyl groups excluding tert-OH is 1. The average Bonchev–Trinajstić information content (AvgIpc) is 2.68. The van der Waals surface area contributed by atoms with Crippen molar-refractivity contribution in [3.8, 4) is 0 Å². The Bertz CT molecular complexity index is 380. The van der Waals surface area contributed by atoms with E-state index in [1.54, 1.807) is 6.33 Å². The maximum absolute atomic E-state index is 10.3. The van der Waals surface area contributed by atoms with Gasteiger partial charge in [-0.1, -0.05) is 13.3 Å². The Kier molecular flexibility index (Phi) is 2.90. The highest BCUT2D eigenvalue weighted by molar-refractivity contribution is 5.06. The number of nitrogens with zero attached hydrogens (tertiary/aromatic N) is 3. The van der Waals surface area contributed by atoms with Crippen LogP contribution in [0.3, 0.4) is 0 Å². The lowest BCUT2D eigenvalue weighted by molar-refractivity contribution is 0.132. The number of fused-ring (bicyclic) bond motifs is 1. The molecule has 17 heavy (non-hydrogen) atoms. The van der Waals surface area contributed by atoms with Crippen molar-refractivity contribution in [3.05, 3.63) is 12.2 Å². The second-order valence-corrected chi connectivity index (χ2v) is 5.51. The molecule has 1 heterocycles. The molecule has 0 bridgehead atoms. The highest BCUT2D eigenvalue weighted by Gasteiger charge is 2.55. The first kappa shape index (κ1) is 11.2. The second kappa shape index (κ2) is 4.41. The number of hydrogen-bond acceptors (Lipinski definition) is 3. The third-order valence-corrected chi connectivity index (χ3v) is 4.44. The van der Waals surface area contributed by atoms with Gasteiger partial charge in [-0.05, 0) is 37.0 Å². The first-order chi connectivity index (χ1) is 8.31. The van der Waals surface area contributed by atoms with Gasteiger partial charge in [-0.15, -0.1) is 0 Å². The molecule has 1 N–H and O–H groups in total. The smallest absolute Gasteiger partial charge is 0.138 e. The molecule has 2 aliphatic carbocycles. The van der Waals surface area contributed by atoms with E-state index in [1.165, 1.54) is 19.3 Å². The lowest BCUT2D eigenvalue weighted by atomic mass is 10.0. The Morgan fingerprint density at radius 3 is 2.94 bits per heavy atom. The Morgan fingerprint density at radius 2 is 2.24 bits per heavy atom. The Labute approximate surface area is 102 Å². The van der Waals surface area contributed by atoms with Crippen molar-refractivity contribution >= 4 is 0 Å². The van der Waals surface area contributed by atoms with E-state index in [0.717, 1.165) is 30.6 Å². The molecule has 1 aromatic heterocycles. The Morgan fingerprint density at radius 1 is 1.47 bits per heavy atom. The molecule has 0 spiro atoms. The van der Waals surface area contributed by atoms with E-state index in [4.69, 9.17) is 0 Å². The maximum atomic E-state index is 10.3. The molecule has 3 unspecified atom stereocenters. The van der Waals surface area contributed by atoms with E-state index < -0.39 is 0 Å². The molecule has 3 rings (SSSR count). The number of aliphatic hydroxyl groups is 1. The van der Waals surface area contributed by atoms with Crippen molar-refractivity contribution in [1.82, 2.24) is 14.8 Å². The summed E-state index contributed by atoms with van der Waals surface area (Å²) >= 11 is 0. The summed E-state index contributed by atoms with van der Waals surface area (Å²) in [6, 6.07) is 0. The zero-order valence-electron chi connectivity index (χ0n) is 10.4. The van der Waals surface area contributed by atoms with Crippen molar-refractivity contribution in [1.29, 1.82) is 0 Å². The van der Waals surface area contributed by atoms with Gasteiger partial charge in [0.05, 0.1) is 6.10 Å². The third kappa shape index (κ3) is 1.99. The third-order valence-electron chi connectivity index (χ3n) is 4.44. The van der Waals surface area contributed by atoms with Gasteiger partial charge in [0.15, 0.2) is 0 Å². The summed E-state index contributed by atoms with van der Waals surface area (Å²) in [5, 5.41) is 14.5. The summed E-state index contributed by atoms with van der Waals surface area (Å²) in [4.78, 5) is 4.27. The predicted octanol–water partition coefficient (Wildman–Crippen LogP) is 1.64. The van der Waals surface area contributed by atoms with Crippen LogP contribution in [0.15, 0.2) is 6.33 Å². The minimum atomic E-state index is -0.204. The SMILES string of the molecule is CCCn1ncnc1CC(O)C1C2CCCC21. The summed E-state index contributed by atoms with van der Waals surface area (Å²) in [5.41, 5.74) is 0. The molecule has 4 nitrogen and oxygen atoms in total. The molecule has 1 aromatic rings. The summed E-state index contributed by atoms with van der Waals surface area (Å²) in [6.45, 7) is 3.03. The molecular weight excluding hydrogens is 214 g/mol. The molecule has 0 aliphatic heterocycles. The first-order valence-electron chi connectivity index (χ1n) is 6.86. The zero-order valence-corrected chi connectivity index (χ0v) is 10.4. The zero-order chi connectivity index (χ0) is 11.8. The Hall–Kier alpha value is -0.900. The van der Waals surface area contributed by atoms with E-state index in [0.29, 0.717) is 12.3 Å². The predicted molar refractivity (Wildman–Crippen MR) is 64.3 cm³/mol. The summed E-state index contributed by atoms with van der Waals surface area (Å²) < 4.78 is 1.93. The normalized spacial score (nSPS) is 32.5. The molecule has 94 valence electrons. The molecule has 0 saturated heterocycles. The van der Waals surface area contributed by atoms with Crippen LogP contribution in [0, 0.1) is 17.8 Å². The molecule has 2 saturated carbocycles. The van der Waals surface area contributed by atoms with Gasteiger partial charge in [-0.2, -0.15) is 5.10 Å². The van der Waals surface area contributed by atoms with Crippen LogP contribution in [-0.4, -0.2) is 26.0 Å². The fourth-order valence-corrected chi connectivity index (χ4v) is 3.62. The van der Waals surface area contributed by atoms with Gasteiger partial charge in [-0.25, -0.2) is 4.98 Å². The van der Waals surface area contributed by atoms with Crippen molar-refractivity contribution < 1.29 is 5.11 Å². The van der Waals surface area contributed by atoms with Crippen molar-refractivity contribution in [2.24, 2.45) is 17.8 Å².